The second-order valence-corrected chi connectivity index (χ2v) is 14.2. The summed E-state index contributed by atoms with van der Waals surface area (Å²) in [5, 5.41) is 9.30. The minimum Gasteiger partial charge on any atom is -0.488 e. The smallest absolute Gasteiger partial charge is 0.416 e. The van der Waals surface area contributed by atoms with Crippen LogP contribution in [0.15, 0.2) is 34.1 Å². The van der Waals surface area contributed by atoms with E-state index in [2.05, 4.69) is 51.7 Å². The molecule has 15 nitrogen and oxygen atoms in total. The number of ether oxygens (including phenoxy) is 4. The Kier molecular flexibility index (Phi) is 15.0. The van der Waals surface area contributed by atoms with Gasteiger partial charge >= 0.3 is 6.18 Å². The molecule has 3 aromatic rings. The fourth-order valence-electron chi connectivity index (χ4n) is 7.18. The molecule has 1 aromatic heterocycles. The Morgan fingerprint density at radius 2 is 1.70 bits per heavy atom. The summed E-state index contributed by atoms with van der Waals surface area (Å²) in [7, 11) is 2.06. The Hall–Kier alpha value is -4.39. The van der Waals surface area contributed by atoms with Crippen LogP contribution in [0.2, 0.25) is 0 Å². The number of rotatable bonds is 21. The standard InChI is InChI=1S/C38H52F3N7O8/c1-5-56-35-32(33(50)34(35)51)42-12-15-54-17-19-55-18-16-53-14-11-31(49)45-29-21-25(47(4)23(2)3)7-9-30(29)48-13-10-28(37(48)52)46-36-26-20-24(38(39,40)41)6-8-27(26)43-22-44-36/h6,8,20,22-23,25,28-30,42H,5,7,9-19,21H2,1-4H3,(H,45,49)(H,43,44,46)/t25-,28+,29-,30+/m1/s1. The van der Waals surface area contributed by atoms with Gasteiger partial charge in [0.2, 0.25) is 11.8 Å². The number of anilines is 2. The van der Waals surface area contributed by atoms with Crippen molar-refractivity contribution in [1.82, 2.24) is 25.1 Å². The lowest BCUT2D eigenvalue weighted by Gasteiger charge is -2.44. The van der Waals surface area contributed by atoms with Gasteiger partial charge in [-0.25, -0.2) is 9.97 Å². The highest BCUT2D eigenvalue weighted by Gasteiger charge is 2.43. The molecule has 2 fully saturated rings. The van der Waals surface area contributed by atoms with E-state index in [9.17, 15) is 32.3 Å². The molecule has 2 aliphatic rings. The summed E-state index contributed by atoms with van der Waals surface area (Å²) >= 11 is 0. The third-order valence-corrected chi connectivity index (χ3v) is 10.4. The van der Waals surface area contributed by atoms with E-state index < -0.39 is 28.6 Å². The van der Waals surface area contributed by atoms with Gasteiger partial charge in [0.15, 0.2) is 5.75 Å². The zero-order chi connectivity index (χ0) is 40.4. The van der Waals surface area contributed by atoms with Crippen molar-refractivity contribution in [3.8, 4) is 5.75 Å². The Labute approximate surface area is 323 Å². The van der Waals surface area contributed by atoms with E-state index in [4.69, 9.17) is 18.9 Å². The first kappa shape index (κ1) is 42.7. The number of halogens is 3. The Balaban J connectivity index is 1.05. The number of alkyl halides is 3. The maximum atomic E-state index is 13.8. The fourth-order valence-corrected chi connectivity index (χ4v) is 7.18. The Bertz CT molecular complexity index is 1850. The second kappa shape index (κ2) is 19.7. The molecule has 0 radical (unpaired) electrons. The van der Waals surface area contributed by atoms with Gasteiger partial charge < -0.3 is 44.7 Å². The third-order valence-electron chi connectivity index (χ3n) is 10.4. The molecule has 2 aromatic carbocycles. The van der Waals surface area contributed by atoms with Crippen molar-refractivity contribution in [3.05, 3.63) is 50.5 Å². The molecule has 3 N–H and O–H groups in total. The van der Waals surface area contributed by atoms with Crippen LogP contribution in [0.5, 0.6) is 5.75 Å². The molecule has 1 aliphatic heterocycles. The van der Waals surface area contributed by atoms with Crippen molar-refractivity contribution in [3.63, 3.8) is 0 Å². The lowest BCUT2D eigenvalue weighted by atomic mass is 9.84. The molecule has 18 heteroatoms. The van der Waals surface area contributed by atoms with Crippen molar-refractivity contribution in [2.24, 2.45) is 0 Å². The number of amides is 2. The van der Waals surface area contributed by atoms with Crippen LogP contribution in [0.4, 0.5) is 24.7 Å². The maximum Gasteiger partial charge on any atom is 0.416 e. The van der Waals surface area contributed by atoms with Crippen molar-refractivity contribution in [2.75, 3.05) is 77.0 Å². The van der Waals surface area contributed by atoms with Gasteiger partial charge in [0.25, 0.3) is 10.9 Å². The molecule has 1 saturated heterocycles. The van der Waals surface area contributed by atoms with Crippen LogP contribution >= 0.6 is 0 Å². The minimum absolute atomic E-state index is 0.0642. The number of likely N-dealkylation sites (tertiary alicyclic amines) is 1. The van der Waals surface area contributed by atoms with Gasteiger partial charge in [-0.1, -0.05) is 0 Å². The Morgan fingerprint density at radius 1 is 0.982 bits per heavy atom. The van der Waals surface area contributed by atoms with Crippen LogP contribution in [-0.2, 0) is 30.0 Å². The van der Waals surface area contributed by atoms with Crippen LogP contribution in [0.1, 0.15) is 58.4 Å². The average Bonchev–Trinajstić information content (AvgIpc) is 3.53. The van der Waals surface area contributed by atoms with E-state index in [0.29, 0.717) is 76.9 Å². The first-order chi connectivity index (χ1) is 26.8. The van der Waals surface area contributed by atoms with Gasteiger partial charge in [-0.2, -0.15) is 13.2 Å². The second-order valence-electron chi connectivity index (χ2n) is 14.2. The molecule has 1 aliphatic carbocycles. The van der Waals surface area contributed by atoms with E-state index in [-0.39, 0.29) is 72.2 Å². The van der Waals surface area contributed by atoms with Crippen LogP contribution in [0.3, 0.4) is 0 Å². The molecule has 2 heterocycles. The molecule has 1 saturated carbocycles. The highest BCUT2D eigenvalue weighted by molar-refractivity contribution is 5.93. The number of nitrogens with one attached hydrogen (secondary N) is 3. The van der Waals surface area contributed by atoms with Crippen molar-refractivity contribution in [1.29, 1.82) is 0 Å². The zero-order valence-corrected chi connectivity index (χ0v) is 32.3. The molecule has 0 unspecified atom stereocenters. The molecular weight excluding hydrogens is 739 g/mol. The van der Waals surface area contributed by atoms with E-state index in [1.807, 2.05) is 0 Å². The maximum absolute atomic E-state index is 13.8. The molecule has 2 amide bonds. The number of benzene rings is 1. The van der Waals surface area contributed by atoms with Crippen molar-refractivity contribution < 1.29 is 41.7 Å². The number of fused-ring (bicyclic) bond motifs is 1. The summed E-state index contributed by atoms with van der Waals surface area (Å²) in [5.74, 6) is -0.156. The van der Waals surface area contributed by atoms with E-state index in [0.717, 1.165) is 18.6 Å². The largest absolute Gasteiger partial charge is 0.488 e. The van der Waals surface area contributed by atoms with Crippen LogP contribution in [0, 0.1) is 0 Å². The zero-order valence-electron chi connectivity index (χ0n) is 32.3. The number of carbonyl (C=O) groups excluding carboxylic acids is 2. The van der Waals surface area contributed by atoms with E-state index >= 15 is 0 Å². The molecular formula is C38H52F3N7O8. The summed E-state index contributed by atoms with van der Waals surface area (Å²) in [5.41, 5.74) is -1.53. The SMILES string of the molecule is CCOc1c(NCCOCCOCCOCCC(=O)N[C@@H]2C[C@H](N(C)C(C)C)CC[C@@H]2N2CC[C@H](Nc3ncnc4ccc(C(F)(F)F)cc34)C2=O)c(=O)c1=O. The summed E-state index contributed by atoms with van der Waals surface area (Å²) in [6.07, 6.45) is -0.565. The number of nitrogens with zero attached hydrogens (tertiary/aromatic N) is 4. The van der Waals surface area contributed by atoms with Crippen molar-refractivity contribution in [2.45, 2.75) is 89.3 Å². The first-order valence-corrected chi connectivity index (χ1v) is 19.1. The molecule has 56 heavy (non-hydrogen) atoms. The topological polar surface area (TPSA) is 174 Å². The third kappa shape index (κ3) is 10.7. The van der Waals surface area contributed by atoms with Crippen molar-refractivity contribution >= 4 is 34.2 Å². The molecule has 308 valence electrons. The molecule has 4 atom stereocenters. The predicted molar refractivity (Wildman–Crippen MR) is 203 cm³/mol. The molecule has 0 bridgehead atoms. The molecule has 5 rings (SSSR count). The lowest BCUT2D eigenvalue weighted by Crippen LogP contribution is -2.58. The first-order valence-electron chi connectivity index (χ1n) is 19.1. The van der Waals surface area contributed by atoms with Crippen LogP contribution in [-0.4, -0.2) is 128 Å². The summed E-state index contributed by atoms with van der Waals surface area (Å²) in [6.45, 7) is 8.72. The number of aromatic nitrogens is 2. The van der Waals surface area contributed by atoms with Gasteiger partial charge in [-0.3, -0.25) is 19.2 Å². The van der Waals surface area contributed by atoms with E-state index in [1.54, 1.807) is 11.8 Å². The fraction of sp³-hybridized carbons (Fsp3) is 0.632. The number of carbonyl (C=O) groups is 2. The van der Waals surface area contributed by atoms with Crippen LogP contribution < -0.4 is 31.5 Å². The normalized spacial score (nSPS) is 20.4. The lowest BCUT2D eigenvalue weighted by molar-refractivity contribution is -0.137. The summed E-state index contributed by atoms with van der Waals surface area (Å²) < 4.78 is 62.2. The monoisotopic (exact) mass is 791 g/mol. The highest BCUT2D eigenvalue weighted by Crippen LogP contribution is 2.34. The van der Waals surface area contributed by atoms with Gasteiger partial charge in [0, 0.05) is 37.0 Å². The summed E-state index contributed by atoms with van der Waals surface area (Å²) in [4.78, 5) is 62.5. The quantitative estimate of drug-likeness (QED) is 0.106. The number of hydrogen-bond acceptors (Lipinski definition) is 13. The Morgan fingerprint density at radius 3 is 2.39 bits per heavy atom. The predicted octanol–water partition coefficient (Wildman–Crippen LogP) is 2.95. The number of hydrogen-bond donors (Lipinski definition) is 3. The van der Waals surface area contributed by atoms with Gasteiger partial charge in [0.1, 0.15) is 23.9 Å². The molecule has 0 spiro atoms. The highest BCUT2D eigenvalue weighted by atomic mass is 19.4. The van der Waals surface area contributed by atoms with Gasteiger partial charge in [0.05, 0.1) is 69.4 Å². The van der Waals surface area contributed by atoms with Gasteiger partial charge in [-0.15, -0.1) is 0 Å². The average molecular weight is 792 g/mol. The van der Waals surface area contributed by atoms with E-state index in [1.165, 1.54) is 12.4 Å². The summed E-state index contributed by atoms with van der Waals surface area (Å²) in [6, 6.07) is 2.49. The van der Waals surface area contributed by atoms with Crippen LogP contribution in [0.25, 0.3) is 10.9 Å². The van der Waals surface area contributed by atoms with Gasteiger partial charge in [-0.05, 0) is 71.7 Å². The minimum atomic E-state index is -4.54.